The number of halogens is 1. The lowest BCUT2D eigenvalue weighted by atomic mass is 10.1. The fourth-order valence-electron chi connectivity index (χ4n) is 5.29. The molecule has 0 saturated heterocycles. The van der Waals surface area contributed by atoms with Gasteiger partial charge in [-0.2, -0.15) is 4.98 Å². The fourth-order valence-corrected chi connectivity index (χ4v) is 8.04. The summed E-state index contributed by atoms with van der Waals surface area (Å²) < 4.78 is 40.3. The van der Waals surface area contributed by atoms with Crippen LogP contribution in [0.25, 0.3) is 20.8 Å². The molecule has 0 bridgehead atoms. The van der Waals surface area contributed by atoms with E-state index < -0.39 is 39.8 Å². The largest absolute Gasteiger partial charge is 0.390 e. The highest BCUT2D eigenvalue weighted by molar-refractivity contribution is 7.91. The maximum atomic E-state index is 13.3. The van der Waals surface area contributed by atoms with Crippen LogP contribution in [-0.2, 0) is 9.84 Å². The van der Waals surface area contributed by atoms with Crippen LogP contribution in [0.4, 0.5) is 16.2 Å². The maximum absolute atomic E-state index is 13.3. The Bertz CT molecular complexity index is 1690. The number of nitrogens with one attached hydrogen (secondary N) is 2. The summed E-state index contributed by atoms with van der Waals surface area (Å²) >= 11 is 1.48. The topological polar surface area (TPSA) is 150 Å². The minimum absolute atomic E-state index is 0.0299. The first kappa shape index (κ1) is 27.9. The molecule has 0 aliphatic heterocycles. The molecule has 0 radical (unpaired) electrons. The van der Waals surface area contributed by atoms with Crippen LogP contribution >= 0.6 is 11.3 Å². The number of hydrogen-bond donors (Lipinski definition) is 4. The van der Waals surface area contributed by atoms with Crippen molar-refractivity contribution in [1.29, 1.82) is 0 Å². The molecule has 4 aromatic rings. The van der Waals surface area contributed by atoms with E-state index in [1.54, 1.807) is 6.20 Å². The number of thiazole rings is 1. The first-order chi connectivity index (χ1) is 19.6. The lowest BCUT2D eigenvalue weighted by Gasteiger charge is -2.21. The van der Waals surface area contributed by atoms with Crippen molar-refractivity contribution in [2.75, 3.05) is 22.9 Å². The number of rotatable bonds is 9. The van der Waals surface area contributed by atoms with Gasteiger partial charge in [-0.1, -0.05) is 0 Å². The van der Waals surface area contributed by atoms with E-state index in [0.717, 1.165) is 34.6 Å². The third-order valence-electron chi connectivity index (χ3n) is 7.77. The second-order valence-corrected chi connectivity index (χ2v) is 14.0. The van der Waals surface area contributed by atoms with Gasteiger partial charge in [0.1, 0.15) is 28.3 Å². The highest BCUT2D eigenvalue weighted by atomic mass is 32.2. The molecule has 3 aromatic heterocycles. The van der Waals surface area contributed by atoms with Crippen LogP contribution in [0, 0.1) is 31.5 Å². The number of aryl methyl sites for hydroxylation is 2. The summed E-state index contributed by atoms with van der Waals surface area (Å²) in [5.74, 6) is -0.172. The second kappa shape index (κ2) is 10.9. The zero-order chi connectivity index (χ0) is 28.9. The van der Waals surface area contributed by atoms with Crippen molar-refractivity contribution in [3.05, 3.63) is 53.7 Å². The molecule has 0 amide bonds. The second-order valence-electron chi connectivity index (χ2n) is 10.9. The van der Waals surface area contributed by atoms with Gasteiger partial charge in [-0.25, -0.2) is 22.8 Å². The number of anilines is 2. The van der Waals surface area contributed by atoms with E-state index in [1.807, 2.05) is 19.9 Å². The molecule has 1 aromatic carbocycles. The number of aliphatic hydroxyl groups excluding tert-OH is 2. The highest BCUT2D eigenvalue weighted by Gasteiger charge is 2.44. The zero-order valence-corrected chi connectivity index (χ0v) is 24.2. The molecule has 4 N–H and O–H groups in total. The zero-order valence-electron chi connectivity index (χ0n) is 22.6. The predicted octanol–water partition coefficient (Wildman–Crippen LogP) is 3.72. The Hall–Kier alpha value is -3.26. The minimum Gasteiger partial charge on any atom is -0.390 e. The number of hydrogen-bond acceptors (Lipinski definition) is 11. The van der Waals surface area contributed by atoms with Crippen LogP contribution in [0.5, 0.6) is 0 Å². The van der Waals surface area contributed by atoms with Gasteiger partial charge >= 0.3 is 0 Å². The normalized spacial score (nSPS) is 22.8. The van der Waals surface area contributed by atoms with Crippen molar-refractivity contribution in [2.24, 2.45) is 11.8 Å². The Kier molecular flexibility index (Phi) is 7.39. The van der Waals surface area contributed by atoms with Gasteiger partial charge in [0, 0.05) is 18.7 Å². The molecule has 2 saturated carbocycles. The van der Waals surface area contributed by atoms with Gasteiger partial charge in [-0.05, 0) is 69.4 Å². The van der Waals surface area contributed by atoms with Crippen molar-refractivity contribution < 1.29 is 23.0 Å². The number of benzene rings is 1. The van der Waals surface area contributed by atoms with Crippen LogP contribution in [0.2, 0.25) is 0 Å². The van der Waals surface area contributed by atoms with Crippen LogP contribution in [0.15, 0.2) is 41.4 Å². The van der Waals surface area contributed by atoms with E-state index in [4.69, 9.17) is 9.97 Å². The first-order valence-electron chi connectivity index (χ1n) is 13.5. The quantitative estimate of drug-likeness (QED) is 0.210. The van der Waals surface area contributed by atoms with E-state index in [0.29, 0.717) is 33.9 Å². The molecular formula is C28H31FN6O4S2. The summed E-state index contributed by atoms with van der Waals surface area (Å²) in [5, 5.41) is 29.1. The average Bonchev–Trinajstić information content (AvgIpc) is 3.61. The predicted molar refractivity (Wildman–Crippen MR) is 155 cm³/mol. The van der Waals surface area contributed by atoms with Crippen molar-refractivity contribution in [3.8, 4) is 10.6 Å². The van der Waals surface area contributed by atoms with Gasteiger partial charge in [-0.3, -0.25) is 4.98 Å². The Morgan fingerprint density at radius 3 is 2.49 bits per heavy atom. The van der Waals surface area contributed by atoms with Crippen LogP contribution in [0.1, 0.15) is 30.7 Å². The van der Waals surface area contributed by atoms with Crippen LogP contribution in [0.3, 0.4) is 0 Å². The lowest BCUT2D eigenvalue weighted by molar-refractivity contribution is 0.0216. The molecule has 0 unspecified atom stereocenters. The standard InChI is InChI=1S/C28H31FN6O4S2/c1-14-22(27-34-23-15(2)30-10-9-21(23)40-27)26(35-28(32-14)31-12-16-3-4-16)33-20-11-17(24(36)25(20)37)13-41(38,39)19-7-5-18(29)6-8-19/h5-10,16-17,20,24-25,36-37H,3-4,11-13H2,1-2H3,(H2,31,32,33,35)/t17-,20-,24-,25+/m1/s1. The van der Waals surface area contributed by atoms with Crippen LogP contribution < -0.4 is 10.6 Å². The van der Waals surface area contributed by atoms with Gasteiger partial charge in [-0.15, -0.1) is 11.3 Å². The number of sulfone groups is 1. The lowest BCUT2D eigenvalue weighted by Crippen LogP contribution is -2.36. The van der Waals surface area contributed by atoms with Gasteiger partial charge in [0.25, 0.3) is 0 Å². The van der Waals surface area contributed by atoms with Crippen molar-refractivity contribution in [2.45, 2.75) is 56.3 Å². The summed E-state index contributed by atoms with van der Waals surface area (Å²) in [6.07, 6.45) is 1.74. The van der Waals surface area contributed by atoms with Crippen LogP contribution in [-0.4, -0.2) is 69.1 Å². The molecule has 2 aliphatic carbocycles. The third kappa shape index (κ3) is 5.76. The summed E-state index contributed by atoms with van der Waals surface area (Å²) in [6.45, 7) is 4.54. The van der Waals surface area contributed by atoms with E-state index in [9.17, 15) is 23.0 Å². The summed E-state index contributed by atoms with van der Waals surface area (Å²) in [4.78, 5) is 18.6. The number of aliphatic hydroxyl groups is 2. The van der Waals surface area contributed by atoms with Crippen molar-refractivity contribution in [1.82, 2.24) is 19.9 Å². The molecule has 4 atom stereocenters. The van der Waals surface area contributed by atoms with Gasteiger partial charge in [0.05, 0.1) is 44.4 Å². The Morgan fingerprint density at radius 1 is 1.02 bits per heavy atom. The van der Waals surface area contributed by atoms with Gasteiger partial charge in [0.2, 0.25) is 5.95 Å². The van der Waals surface area contributed by atoms with E-state index in [-0.39, 0.29) is 17.1 Å². The fraction of sp³-hybridized carbons (Fsp3) is 0.429. The summed E-state index contributed by atoms with van der Waals surface area (Å²) in [6, 6.07) is 5.82. The molecule has 0 spiro atoms. The summed E-state index contributed by atoms with van der Waals surface area (Å²) in [5.41, 5.74) is 2.96. The van der Waals surface area contributed by atoms with E-state index in [2.05, 4.69) is 20.6 Å². The molecule has 6 rings (SSSR count). The summed E-state index contributed by atoms with van der Waals surface area (Å²) in [7, 11) is -3.82. The minimum atomic E-state index is -3.82. The molecular weight excluding hydrogens is 567 g/mol. The average molecular weight is 599 g/mol. The smallest absolute Gasteiger partial charge is 0.224 e. The Morgan fingerprint density at radius 2 is 1.78 bits per heavy atom. The Labute approximate surface area is 241 Å². The maximum Gasteiger partial charge on any atom is 0.224 e. The molecule has 41 heavy (non-hydrogen) atoms. The van der Waals surface area contributed by atoms with E-state index in [1.165, 1.54) is 36.3 Å². The monoisotopic (exact) mass is 598 g/mol. The van der Waals surface area contributed by atoms with E-state index >= 15 is 0 Å². The molecule has 13 heteroatoms. The molecule has 216 valence electrons. The number of aromatic nitrogens is 4. The highest BCUT2D eigenvalue weighted by Crippen LogP contribution is 2.39. The van der Waals surface area contributed by atoms with Crippen molar-refractivity contribution in [3.63, 3.8) is 0 Å². The van der Waals surface area contributed by atoms with Gasteiger partial charge < -0.3 is 20.8 Å². The van der Waals surface area contributed by atoms with Gasteiger partial charge in [0.15, 0.2) is 9.84 Å². The molecule has 10 nitrogen and oxygen atoms in total. The Balaban J connectivity index is 1.30. The number of fused-ring (bicyclic) bond motifs is 1. The molecule has 2 fully saturated rings. The first-order valence-corrected chi connectivity index (χ1v) is 16.0. The number of nitrogens with zero attached hydrogens (tertiary/aromatic N) is 4. The number of pyridine rings is 1. The molecule has 3 heterocycles. The SMILES string of the molecule is Cc1nc(NCC2CC2)nc(N[C@@H]2C[C@H](CS(=O)(=O)c3ccc(F)cc3)[C@@H](O)[C@H]2O)c1-c1nc2c(C)nccc2s1. The van der Waals surface area contributed by atoms with Crippen molar-refractivity contribution >= 4 is 43.2 Å². The molecule has 2 aliphatic rings. The third-order valence-corrected chi connectivity index (χ3v) is 10.7.